The van der Waals surface area contributed by atoms with Gasteiger partial charge in [-0.2, -0.15) is 4.98 Å². The van der Waals surface area contributed by atoms with Crippen LogP contribution in [0.2, 0.25) is 0 Å². The average Bonchev–Trinajstić information content (AvgIpc) is 2.56. The van der Waals surface area contributed by atoms with E-state index in [4.69, 9.17) is 15.6 Å². The standard InChI is InChI=1S/C9H14N4O4/c1-9(3-14)5(15)2-6(17-9)13-4-11-7(10)12-8(13)16/h4-6,14-15H,2-3H2,1H3,(H2,10,12,16)/t5?,6-,9?/m1/s1. The van der Waals surface area contributed by atoms with Gasteiger partial charge in [0.1, 0.15) is 18.2 Å². The first-order valence-electron chi connectivity index (χ1n) is 5.13. The summed E-state index contributed by atoms with van der Waals surface area (Å²) in [5.74, 6) is -0.116. The van der Waals surface area contributed by atoms with Crippen LogP contribution in [0.5, 0.6) is 0 Å². The van der Waals surface area contributed by atoms with Crippen molar-refractivity contribution in [2.45, 2.75) is 31.3 Å². The average molecular weight is 242 g/mol. The highest BCUT2D eigenvalue weighted by Crippen LogP contribution is 2.35. The Labute approximate surface area is 96.7 Å². The van der Waals surface area contributed by atoms with Crippen molar-refractivity contribution in [2.24, 2.45) is 0 Å². The van der Waals surface area contributed by atoms with E-state index in [0.717, 1.165) is 4.57 Å². The number of aliphatic hydroxyl groups excluding tert-OH is 2. The van der Waals surface area contributed by atoms with Crippen LogP contribution >= 0.6 is 0 Å². The molecule has 17 heavy (non-hydrogen) atoms. The van der Waals surface area contributed by atoms with Gasteiger partial charge in [-0.1, -0.05) is 0 Å². The molecule has 2 unspecified atom stereocenters. The van der Waals surface area contributed by atoms with E-state index in [0.29, 0.717) is 0 Å². The van der Waals surface area contributed by atoms with E-state index in [1.807, 2.05) is 0 Å². The second-order valence-corrected chi connectivity index (χ2v) is 4.20. The highest BCUT2D eigenvalue weighted by Gasteiger charge is 2.45. The van der Waals surface area contributed by atoms with Crippen molar-refractivity contribution in [1.82, 2.24) is 14.5 Å². The van der Waals surface area contributed by atoms with Crippen LogP contribution in [0.4, 0.5) is 5.95 Å². The molecule has 1 aromatic rings. The Morgan fingerprint density at radius 1 is 1.76 bits per heavy atom. The third-order valence-electron chi connectivity index (χ3n) is 2.90. The van der Waals surface area contributed by atoms with Crippen molar-refractivity contribution >= 4 is 5.95 Å². The molecular formula is C9H14N4O4. The number of hydrogen-bond acceptors (Lipinski definition) is 7. The molecule has 0 spiro atoms. The number of ether oxygens (including phenoxy) is 1. The molecule has 2 heterocycles. The van der Waals surface area contributed by atoms with Crippen molar-refractivity contribution in [3.05, 3.63) is 16.8 Å². The first-order valence-corrected chi connectivity index (χ1v) is 5.13. The number of nitrogens with two attached hydrogens (primary N) is 1. The first-order chi connectivity index (χ1) is 7.96. The second kappa shape index (κ2) is 4.06. The fourth-order valence-corrected chi connectivity index (χ4v) is 1.74. The van der Waals surface area contributed by atoms with Gasteiger partial charge in [0.05, 0.1) is 12.7 Å². The molecule has 2 rings (SSSR count). The largest absolute Gasteiger partial charge is 0.393 e. The number of rotatable bonds is 2. The quantitative estimate of drug-likeness (QED) is 0.561. The van der Waals surface area contributed by atoms with Crippen molar-refractivity contribution < 1.29 is 14.9 Å². The SMILES string of the molecule is CC1(CO)O[C@@H](n2cnc(N)nc2=O)CC1O. The fraction of sp³-hybridized carbons (Fsp3) is 0.667. The van der Waals surface area contributed by atoms with Crippen LogP contribution in [0.3, 0.4) is 0 Å². The zero-order valence-electron chi connectivity index (χ0n) is 9.28. The lowest BCUT2D eigenvalue weighted by Crippen LogP contribution is -2.39. The molecule has 0 aromatic carbocycles. The molecule has 1 aliphatic rings. The van der Waals surface area contributed by atoms with Gasteiger partial charge >= 0.3 is 5.69 Å². The van der Waals surface area contributed by atoms with Crippen LogP contribution in [-0.4, -0.2) is 43.1 Å². The molecule has 0 bridgehead atoms. The molecule has 0 aliphatic carbocycles. The Balaban J connectivity index is 2.29. The van der Waals surface area contributed by atoms with Crippen molar-refractivity contribution in [3.8, 4) is 0 Å². The molecule has 0 saturated carbocycles. The maximum absolute atomic E-state index is 11.5. The third kappa shape index (κ3) is 2.02. The zero-order valence-corrected chi connectivity index (χ0v) is 9.28. The smallest absolute Gasteiger partial charge is 0.354 e. The zero-order chi connectivity index (χ0) is 12.6. The minimum atomic E-state index is -1.08. The van der Waals surface area contributed by atoms with Crippen LogP contribution < -0.4 is 11.4 Å². The molecule has 4 N–H and O–H groups in total. The predicted molar refractivity (Wildman–Crippen MR) is 56.9 cm³/mol. The summed E-state index contributed by atoms with van der Waals surface area (Å²) in [7, 11) is 0. The summed E-state index contributed by atoms with van der Waals surface area (Å²) in [6.45, 7) is 1.23. The lowest BCUT2D eigenvalue weighted by molar-refractivity contribution is -0.117. The van der Waals surface area contributed by atoms with E-state index in [2.05, 4.69) is 9.97 Å². The van der Waals surface area contributed by atoms with E-state index < -0.39 is 23.6 Å². The van der Waals surface area contributed by atoms with Gasteiger partial charge in [0.25, 0.3) is 0 Å². The molecule has 94 valence electrons. The van der Waals surface area contributed by atoms with E-state index in [1.54, 1.807) is 6.92 Å². The minimum absolute atomic E-state index is 0.116. The van der Waals surface area contributed by atoms with Gasteiger partial charge in [-0.15, -0.1) is 0 Å². The number of hydrogen-bond donors (Lipinski definition) is 3. The first kappa shape index (κ1) is 12.0. The number of nitrogens with zero attached hydrogens (tertiary/aromatic N) is 3. The Kier molecular flexibility index (Phi) is 2.86. The van der Waals surface area contributed by atoms with Crippen LogP contribution in [-0.2, 0) is 4.74 Å². The molecule has 8 heteroatoms. The van der Waals surface area contributed by atoms with Gasteiger partial charge in [-0.3, -0.25) is 4.57 Å². The molecule has 8 nitrogen and oxygen atoms in total. The molecule has 3 atom stereocenters. The predicted octanol–water partition coefficient (Wildman–Crippen LogP) is -1.75. The van der Waals surface area contributed by atoms with Gasteiger partial charge in [-0.05, 0) is 6.92 Å². The molecule has 1 aromatic heterocycles. The third-order valence-corrected chi connectivity index (χ3v) is 2.90. The topological polar surface area (TPSA) is 123 Å². The van der Waals surface area contributed by atoms with Crippen LogP contribution in [0, 0.1) is 0 Å². The molecule has 1 fully saturated rings. The van der Waals surface area contributed by atoms with Gasteiger partial charge in [0.15, 0.2) is 0 Å². The molecule has 0 radical (unpaired) electrons. The number of nitrogen functional groups attached to an aromatic ring is 1. The van der Waals surface area contributed by atoms with Crippen molar-refractivity contribution in [2.75, 3.05) is 12.3 Å². The highest BCUT2D eigenvalue weighted by molar-refractivity contribution is 5.10. The summed E-state index contributed by atoms with van der Waals surface area (Å²) in [5.41, 5.74) is 3.59. The van der Waals surface area contributed by atoms with Gasteiger partial charge in [0, 0.05) is 6.42 Å². The van der Waals surface area contributed by atoms with Crippen LogP contribution in [0.25, 0.3) is 0 Å². The molecule has 1 saturated heterocycles. The van der Waals surface area contributed by atoms with E-state index in [1.165, 1.54) is 6.33 Å². The maximum atomic E-state index is 11.5. The highest BCUT2D eigenvalue weighted by atomic mass is 16.6. The van der Waals surface area contributed by atoms with Gasteiger partial charge in [-0.25, -0.2) is 9.78 Å². The Bertz CT molecular complexity index is 476. The van der Waals surface area contributed by atoms with Crippen LogP contribution in [0.1, 0.15) is 19.6 Å². The number of aromatic nitrogens is 3. The number of aliphatic hydroxyl groups is 2. The molecular weight excluding hydrogens is 228 g/mol. The minimum Gasteiger partial charge on any atom is -0.393 e. The fourth-order valence-electron chi connectivity index (χ4n) is 1.74. The normalized spacial score (nSPS) is 32.9. The second-order valence-electron chi connectivity index (χ2n) is 4.20. The molecule has 1 aliphatic heterocycles. The monoisotopic (exact) mass is 242 g/mol. The van der Waals surface area contributed by atoms with E-state index in [-0.39, 0.29) is 19.0 Å². The lowest BCUT2D eigenvalue weighted by Gasteiger charge is -2.24. The summed E-state index contributed by atoms with van der Waals surface area (Å²) in [5, 5.41) is 18.9. The summed E-state index contributed by atoms with van der Waals surface area (Å²) in [6.07, 6.45) is -0.160. The van der Waals surface area contributed by atoms with E-state index in [9.17, 15) is 9.90 Å². The summed E-state index contributed by atoms with van der Waals surface area (Å²) in [6, 6.07) is 0. The Morgan fingerprint density at radius 3 is 3.00 bits per heavy atom. The Morgan fingerprint density at radius 2 is 2.47 bits per heavy atom. The summed E-state index contributed by atoms with van der Waals surface area (Å²) < 4.78 is 6.60. The lowest BCUT2D eigenvalue weighted by atomic mass is 10.0. The summed E-state index contributed by atoms with van der Waals surface area (Å²) in [4.78, 5) is 18.7. The Hall–Kier alpha value is -1.51. The van der Waals surface area contributed by atoms with Crippen molar-refractivity contribution in [3.63, 3.8) is 0 Å². The van der Waals surface area contributed by atoms with Gasteiger partial charge in [0.2, 0.25) is 5.95 Å². The maximum Gasteiger partial charge on any atom is 0.354 e. The van der Waals surface area contributed by atoms with Crippen LogP contribution in [0.15, 0.2) is 11.1 Å². The molecule has 0 amide bonds. The van der Waals surface area contributed by atoms with E-state index >= 15 is 0 Å². The summed E-state index contributed by atoms with van der Waals surface area (Å²) >= 11 is 0. The van der Waals surface area contributed by atoms with Gasteiger partial charge < -0.3 is 20.7 Å². The number of anilines is 1. The van der Waals surface area contributed by atoms with Crippen molar-refractivity contribution in [1.29, 1.82) is 0 Å².